The summed E-state index contributed by atoms with van der Waals surface area (Å²) < 4.78 is 5.11. The first-order valence-electron chi connectivity index (χ1n) is 5.14. The molecule has 1 aromatic heterocycles. The Morgan fingerprint density at radius 1 is 1.31 bits per heavy atom. The van der Waals surface area contributed by atoms with Crippen LogP contribution in [-0.4, -0.2) is 10.1 Å². The van der Waals surface area contributed by atoms with E-state index in [-0.39, 0.29) is 0 Å². The fourth-order valence-corrected chi connectivity index (χ4v) is 2.06. The lowest BCUT2D eigenvalue weighted by molar-refractivity contribution is 0.304. The molecule has 1 aliphatic carbocycles. The third-order valence-electron chi connectivity index (χ3n) is 2.76. The number of rotatable bonds is 2. The van der Waals surface area contributed by atoms with E-state index in [1.807, 2.05) is 6.92 Å². The standard InChI is InChI=1S/C10H16N2O/c1-8-11-10(13-12-8)7-9-5-3-2-4-6-9/h9H,2-7H2,1H3. The van der Waals surface area contributed by atoms with E-state index in [1.54, 1.807) is 0 Å². The molecule has 0 radical (unpaired) electrons. The smallest absolute Gasteiger partial charge is 0.226 e. The normalized spacial score (nSPS) is 19.2. The van der Waals surface area contributed by atoms with Gasteiger partial charge in [-0.05, 0) is 25.7 Å². The van der Waals surface area contributed by atoms with Gasteiger partial charge < -0.3 is 4.52 Å². The summed E-state index contributed by atoms with van der Waals surface area (Å²) in [5.41, 5.74) is 0. The topological polar surface area (TPSA) is 38.9 Å². The lowest BCUT2D eigenvalue weighted by Gasteiger charge is -2.19. The van der Waals surface area contributed by atoms with Crippen molar-refractivity contribution < 1.29 is 4.52 Å². The third kappa shape index (κ3) is 2.29. The molecule has 0 spiro atoms. The molecule has 1 fully saturated rings. The van der Waals surface area contributed by atoms with Gasteiger partial charge in [-0.25, -0.2) is 0 Å². The van der Waals surface area contributed by atoms with Gasteiger partial charge in [0.25, 0.3) is 0 Å². The highest BCUT2D eigenvalue weighted by atomic mass is 16.5. The van der Waals surface area contributed by atoms with Crippen molar-refractivity contribution >= 4 is 0 Å². The predicted molar refractivity (Wildman–Crippen MR) is 49.3 cm³/mol. The average molecular weight is 180 g/mol. The second-order valence-electron chi connectivity index (χ2n) is 3.94. The largest absolute Gasteiger partial charge is 0.339 e. The Labute approximate surface area is 78.5 Å². The molecule has 2 rings (SSSR count). The lowest BCUT2D eigenvalue weighted by atomic mass is 9.87. The molecule has 1 aliphatic rings. The van der Waals surface area contributed by atoms with E-state index in [1.165, 1.54) is 32.1 Å². The Morgan fingerprint density at radius 2 is 2.08 bits per heavy atom. The molecular weight excluding hydrogens is 164 g/mol. The fraction of sp³-hybridized carbons (Fsp3) is 0.800. The summed E-state index contributed by atoms with van der Waals surface area (Å²) in [5.74, 6) is 2.36. The highest BCUT2D eigenvalue weighted by Gasteiger charge is 2.16. The molecule has 0 unspecified atom stereocenters. The molecule has 13 heavy (non-hydrogen) atoms. The Hall–Kier alpha value is -0.860. The van der Waals surface area contributed by atoms with Crippen LogP contribution in [0.4, 0.5) is 0 Å². The van der Waals surface area contributed by atoms with Crippen LogP contribution in [0.15, 0.2) is 4.52 Å². The van der Waals surface area contributed by atoms with Crippen molar-refractivity contribution in [3.05, 3.63) is 11.7 Å². The van der Waals surface area contributed by atoms with Crippen molar-refractivity contribution in [1.29, 1.82) is 0 Å². The first-order valence-corrected chi connectivity index (χ1v) is 5.14. The predicted octanol–water partition coefficient (Wildman–Crippen LogP) is 2.50. The van der Waals surface area contributed by atoms with Gasteiger partial charge in [0.1, 0.15) is 0 Å². The Kier molecular flexibility index (Phi) is 2.62. The maximum absolute atomic E-state index is 5.11. The molecule has 3 nitrogen and oxygen atoms in total. The minimum absolute atomic E-state index is 0.755. The van der Waals surface area contributed by atoms with Crippen molar-refractivity contribution in [2.75, 3.05) is 0 Å². The second-order valence-corrected chi connectivity index (χ2v) is 3.94. The van der Waals surface area contributed by atoms with Gasteiger partial charge in [-0.3, -0.25) is 0 Å². The van der Waals surface area contributed by atoms with Crippen molar-refractivity contribution in [2.24, 2.45) is 5.92 Å². The van der Waals surface area contributed by atoms with E-state index in [9.17, 15) is 0 Å². The highest BCUT2D eigenvalue weighted by molar-refractivity contribution is 4.85. The van der Waals surface area contributed by atoms with Crippen molar-refractivity contribution in [3.8, 4) is 0 Å². The average Bonchev–Trinajstić information content (AvgIpc) is 2.53. The summed E-state index contributed by atoms with van der Waals surface area (Å²) in [5, 5.41) is 3.80. The molecule has 0 aliphatic heterocycles. The first kappa shape index (κ1) is 8.73. The first-order chi connectivity index (χ1) is 6.34. The van der Waals surface area contributed by atoms with Crippen LogP contribution in [0.1, 0.15) is 43.8 Å². The maximum atomic E-state index is 5.11. The van der Waals surface area contributed by atoms with Crippen LogP contribution in [0, 0.1) is 12.8 Å². The van der Waals surface area contributed by atoms with E-state index in [0.717, 1.165) is 24.1 Å². The van der Waals surface area contributed by atoms with E-state index in [2.05, 4.69) is 10.1 Å². The van der Waals surface area contributed by atoms with E-state index < -0.39 is 0 Å². The molecule has 3 heteroatoms. The molecule has 72 valence electrons. The third-order valence-corrected chi connectivity index (χ3v) is 2.76. The molecule has 1 heterocycles. The van der Waals surface area contributed by atoms with Gasteiger partial charge in [-0.1, -0.05) is 24.4 Å². The highest BCUT2D eigenvalue weighted by Crippen LogP contribution is 2.26. The fourth-order valence-electron chi connectivity index (χ4n) is 2.06. The van der Waals surface area contributed by atoms with Crippen molar-refractivity contribution in [1.82, 2.24) is 10.1 Å². The number of aryl methyl sites for hydroxylation is 1. The monoisotopic (exact) mass is 180 g/mol. The van der Waals surface area contributed by atoms with Gasteiger partial charge in [0, 0.05) is 6.42 Å². The maximum Gasteiger partial charge on any atom is 0.226 e. The Morgan fingerprint density at radius 3 is 2.69 bits per heavy atom. The van der Waals surface area contributed by atoms with Crippen LogP contribution >= 0.6 is 0 Å². The van der Waals surface area contributed by atoms with E-state index in [4.69, 9.17) is 4.52 Å². The molecule has 0 bridgehead atoms. The quantitative estimate of drug-likeness (QED) is 0.702. The van der Waals surface area contributed by atoms with Crippen LogP contribution in [0.3, 0.4) is 0 Å². The molecule has 0 N–H and O–H groups in total. The van der Waals surface area contributed by atoms with E-state index in [0.29, 0.717) is 0 Å². The van der Waals surface area contributed by atoms with Crippen molar-refractivity contribution in [2.45, 2.75) is 45.4 Å². The molecule has 1 aromatic rings. The molecule has 0 aromatic carbocycles. The van der Waals surface area contributed by atoms with Gasteiger partial charge >= 0.3 is 0 Å². The van der Waals surface area contributed by atoms with Crippen LogP contribution in [0.25, 0.3) is 0 Å². The Balaban J connectivity index is 1.89. The molecular formula is C10H16N2O. The van der Waals surface area contributed by atoms with Crippen LogP contribution < -0.4 is 0 Å². The minimum atomic E-state index is 0.755. The van der Waals surface area contributed by atoms with Gasteiger partial charge in [-0.2, -0.15) is 4.98 Å². The van der Waals surface area contributed by atoms with Gasteiger partial charge in [0.05, 0.1) is 0 Å². The summed E-state index contributed by atoms with van der Waals surface area (Å²) in [6, 6.07) is 0. The molecule has 0 saturated heterocycles. The SMILES string of the molecule is Cc1noc(CC2CCCCC2)n1. The number of hydrogen-bond donors (Lipinski definition) is 0. The lowest BCUT2D eigenvalue weighted by Crippen LogP contribution is -2.09. The number of aromatic nitrogens is 2. The van der Waals surface area contributed by atoms with Crippen LogP contribution in [0.2, 0.25) is 0 Å². The Bertz CT molecular complexity index is 264. The van der Waals surface area contributed by atoms with Crippen molar-refractivity contribution in [3.63, 3.8) is 0 Å². The number of hydrogen-bond acceptors (Lipinski definition) is 3. The minimum Gasteiger partial charge on any atom is -0.339 e. The van der Waals surface area contributed by atoms with Crippen LogP contribution in [0.5, 0.6) is 0 Å². The molecule has 1 saturated carbocycles. The summed E-state index contributed by atoms with van der Waals surface area (Å²) in [6.07, 6.45) is 7.80. The molecule has 0 amide bonds. The van der Waals surface area contributed by atoms with Crippen LogP contribution in [-0.2, 0) is 6.42 Å². The van der Waals surface area contributed by atoms with Gasteiger partial charge in [-0.15, -0.1) is 0 Å². The summed E-state index contributed by atoms with van der Waals surface area (Å²) in [6.45, 7) is 1.87. The second kappa shape index (κ2) is 3.90. The summed E-state index contributed by atoms with van der Waals surface area (Å²) in [7, 11) is 0. The molecule has 0 atom stereocenters. The zero-order valence-corrected chi connectivity index (χ0v) is 8.12. The zero-order chi connectivity index (χ0) is 9.10. The van der Waals surface area contributed by atoms with Gasteiger partial charge in [0.15, 0.2) is 5.82 Å². The van der Waals surface area contributed by atoms with E-state index >= 15 is 0 Å². The zero-order valence-electron chi connectivity index (χ0n) is 8.12. The summed E-state index contributed by atoms with van der Waals surface area (Å²) in [4.78, 5) is 4.23. The number of nitrogens with zero attached hydrogens (tertiary/aromatic N) is 2. The summed E-state index contributed by atoms with van der Waals surface area (Å²) >= 11 is 0. The van der Waals surface area contributed by atoms with Gasteiger partial charge in [0.2, 0.25) is 5.89 Å².